The molecule has 2 aromatic rings. The summed E-state index contributed by atoms with van der Waals surface area (Å²) >= 11 is 0. The van der Waals surface area contributed by atoms with Crippen molar-refractivity contribution in [3.8, 4) is 17.2 Å². The molecule has 1 N–H and O–H groups in total. The highest BCUT2D eigenvalue weighted by Gasteiger charge is 2.05. The Hall–Kier alpha value is -2.60. The highest BCUT2D eigenvalue weighted by atomic mass is 16.1. The van der Waals surface area contributed by atoms with Gasteiger partial charge < -0.3 is 5.32 Å². The molecule has 3 heteroatoms. The summed E-state index contributed by atoms with van der Waals surface area (Å²) in [5.74, 6) is -0.133. The van der Waals surface area contributed by atoms with Crippen LogP contribution in [0.15, 0.2) is 48.5 Å². The van der Waals surface area contributed by atoms with Crippen molar-refractivity contribution >= 4 is 5.91 Å². The zero-order valence-corrected chi connectivity index (χ0v) is 16.3. The van der Waals surface area contributed by atoms with Crippen LogP contribution in [-0.2, 0) is 6.42 Å². The van der Waals surface area contributed by atoms with Gasteiger partial charge in [-0.1, -0.05) is 75.4 Å². The van der Waals surface area contributed by atoms with Gasteiger partial charge in [-0.25, -0.2) is 0 Å². The van der Waals surface area contributed by atoms with E-state index in [0.29, 0.717) is 18.5 Å². The highest BCUT2D eigenvalue weighted by molar-refractivity contribution is 5.94. The minimum atomic E-state index is -0.133. The van der Waals surface area contributed by atoms with Crippen molar-refractivity contribution in [3.63, 3.8) is 0 Å². The molecule has 0 aliphatic heterocycles. The van der Waals surface area contributed by atoms with Crippen molar-refractivity contribution in [1.29, 1.82) is 5.26 Å². The van der Waals surface area contributed by atoms with Gasteiger partial charge in [-0.15, -0.1) is 0 Å². The van der Waals surface area contributed by atoms with E-state index in [9.17, 15) is 4.79 Å². The molecule has 27 heavy (non-hydrogen) atoms. The molecule has 3 nitrogen and oxygen atoms in total. The number of aryl methyl sites for hydroxylation is 1. The van der Waals surface area contributed by atoms with Crippen LogP contribution in [0.4, 0.5) is 0 Å². The molecule has 0 unspecified atom stereocenters. The van der Waals surface area contributed by atoms with Crippen LogP contribution in [0.2, 0.25) is 0 Å². The zero-order chi connectivity index (χ0) is 19.3. The zero-order valence-electron chi connectivity index (χ0n) is 16.3. The third kappa shape index (κ3) is 7.27. The first-order valence-electron chi connectivity index (χ1n) is 10.1. The minimum absolute atomic E-state index is 0.133. The van der Waals surface area contributed by atoms with Gasteiger partial charge in [0.1, 0.15) is 0 Å². The molecule has 0 bridgehead atoms. The third-order valence-electron chi connectivity index (χ3n) is 4.78. The molecule has 0 heterocycles. The first-order chi connectivity index (χ1) is 13.2. The molecule has 0 saturated carbocycles. The summed E-state index contributed by atoms with van der Waals surface area (Å²) in [5, 5.41) is 11.3. The van der Waals surface area contributed by atoms with Crippen molar-refractivity contribution in [2.24, 2.45) is 0 Å². The summed E-state index contributed by atoms with van der Waals surface area (Å²) in [5.41, 5.74) is 4.28. The van der Waals surface area contributed by atoms with Crippen LogP contribution < -0.4 is 5.32 Å². The number of nitrogens with one attached hydrogen (secondary N) is 1. The number of hydrogen-bond donors (Lipinski definition) is 1. The second-order valence-electron chi connectivity index (χ2n) is 6.96. The summed E-state index contributed by atoms with van der Waals surface area (Å²) in [6.45, 7) is 2.64. The summed E-state index contributed by atoms with van der Waals surface area (Å²) in [6.07, 6.45) is 9.43. The molecule has 0 saturated heterocycles. The van der Waals surface area contributed by atoms with E-state index in [-0.39, 0.29) is 5.91 Å². The largest absolute Gasteiger partial charge is 0.351 e. The SMILES string of the molecule is CCCCCCCCc1ccc(-c2ccc(C(=O)NCCC#N)cc2)cc1. The fourth-order valence-electron chi connectivity index (χ4n) is 3.12. The maximum Gasteiger partial charge on any atom is 0.251 e. The number of amides is 1. The van der Waals surface area contributed by atoms with E-state index in [4.69, 9.17) is 5.26 Å². The quantitative estimate of drug-likeness (QED) is 0.506. The number of carbonyl (C=O) groups is 1. The lowest BCUT2D eigenvalue weighted by Gasteiger charge is -2.07. The van der Waals surface area contributed by atoms with Crippen molar-refractivity contribution in [2.45, 2.75) is 58.3 Å². The molecule has 0 radical (unpaired) electrons. The molecule has 0 atom stereocenters. The predicted octanol–water partition coefficient (Wildman–Crippen LogP) is 5.90. The van der Waals surface area contributed by atoms with Gasteiger partial charge in [0, 0.05) is 12.1 Å². The van der Waals surface area contributed by atoms with E-state index in [1.54, 1.807) is 0 Å². The highest BCUT2D eigenvalue weighted by Crippen LogP contribution is 2.21. The van der Waals surface area contributed by atoms with Crippen LogP contribution in [0.5, 0.6) is 0 Å². The monoisotopic (exact) mass is 362 g/mol. The molecule has 0 fully saturated rings. The van der Waals surface area contributed by atoms with Crippen molar-refractivity contribution in [2.75, 3.05) is 6.54 Å². The van der Waals surface area contributed by atoms with Crippen LogP contribution in [0.3, 0.4) is 0 Å². The summed E-state index contributed by atoms with van der Waals surface area (Å²) < 4.78 is 0. The number of carbonyl (C=O) groups excluding carboxylic acids is 1. The van der Waals surface area contributed by atoms with Crippen LogP contribution in [0.1, 0.15) is 67.8 Å². The number of benzene rings is 2. The summed E-state index contributed by atoms with van der Waals surface area (Å²) in [7, 11) is 0. The average Bonchev–Trinajstić information content (AvgIpc) is 2.71. The van der Waals surface area contributed by atoms with Gasteiger partial charge in [0.25, 0.3) is 5.91 Å². The standard InChI is InChI=1S/C24H30N2O/c1-2-3-4-5-6-7-9-20-10-12-21(13-11-20)22-14-16-23(17-15-22)24(27)26-19-8-18-25/h10-17H,2-9,19H2,1H3,(H,26,27). The molecule has 2 rings (SSSR count). The predicted molar refractivity (Wildman–Crippen MR) is 112 cm³/mol. The van der Waals surface area contributed by atoms with Gasteiger partial charge >= 0.3 is 0 Å². The van der Waals surface area contributed by atoms with Crippen molar-refractivity contribution in [1.82, 2.24) is 5.32 Å². The Bertz CT molecular complexity index is 726. The molecule has 142 valence electrons. The summed E-state index contributed by atoms with van der Waals surface area (Å²) in [4.78, 5) is 12.0. The smallest absolute Gasteiger partial charge is 0.251 e. The van der Waals surface area contributed by atoms with Gasteiger partial charge in [-0.05, 0) is 41.7 Å². The lowest BCUT2D eigenvalue weighted by molar-refractivity contribution is 0.0954. The lowest BCUT2D eigenvalue weighted by atomic mass is 10.00. The number of nitrogens with zero attached hydrogens (tertiary/aromatic N) is 1. The number of unbranched alkanes of at least 4 members (excludes halogenated alkanes) is 5. The van der Waals surface area contributed by atoms with Gasteiger partial charge in [-0.3, -0.25) is 4.79 Å². The van der Waals surface area contributed by atoms with Gasteiger partial charge in [0.05, 0.1) is 12.5 Å². The third-order valence-corrected chi connectivity index (χ3v) is 4.78. The topological polar surface area (TPSA) is 52.9 Å². The van der Waals surface area contributed by atoms with Crippen molar-refractivity contribution < 1.29 is 4.79 Å². The Labute approximate surface area is 163 Å². The van der Waals surface area contributed by atoms with E-state index in [1.165, 1.54) is 44.1 Å². The minimum Gasteiger partial charge on any atom is -0.351 e. The fraction of sp³-hybridized carbons (Fsp3) is 0.417. The van der Waals surface area contributed by atoms with Gasteiger partial charge in [-0.2, -0.15) is 5.26 Å². The molecule has 1 amide bonds. The summed E-state index contributed by atoms with van der Waals surface area (Å²) in [6, 6.07) is 18.4. The van der Waals surface area contributed by atoms with Crippen LogP contribution in [0, 0.1) is 11.3 Å². The van der Waals surface area contributed by atoms with Crippen LogP contribution in [-0.4, -0.2) is 12.5 Å². The van der Waals surface area contributed by atoms with Crippen LogP contribution >= 0.6 is 0 Å². The van der Waals surface area contributed by atoms with Crippen molar-refractivity contribution in [3.05, 3.63) is 59.7 Å². The Morgan fingerprint density at radius 1 is 0.889 bits per heavy atom. The number of hydrogen-bond acceptors (Lipinski definition) is 2. The Morgan fingerprint density at radius 2 is 1.48 bits per heavy atom. The molecule has 0 aliphatic rings. The Morgan fingerprint density at radius 3 is 2.11 bits per heavy atom. The number of nitriles is 1. The first kappa shape index (κ1) is 20.7. The second kappa shape index (κ2) is 11.9. The van der Waals surface area contributed by atoms with Gasteiger partial charge in [0.2, 0.25) is 0 Å². The first-order valence-corrected chi connectivity index (χ1v) is 10.1. The van der Waals surface area contributed by atoms with E-state index in [0.717, 1.165) is 17.5 Å². The van der Waals surface area contributed by atoms with Crippen LogP contribution in [0.25, 0.3) is 11.1 Å². The normalized spacial score (nSPS) is 10.4. The molecular formula is C24H30N2O. The van der Waals surface area contributed by atoms with E-state index in [2.05, 4.69) is 36.5 Å². The molecule has 0 spiro atoms. The van der Waals surface area contributed by atoms with E-state index < -0.39 is 0 Å². The van der Waals surface area contributed by atoms with E-state index in [1.807, 2.05) is 30.3 Å². The second-order valence-corrected chi connectivity index (χ2v) is 6.96. The maximum absolute atomic E-state index is 12.0. The lowest BCUT2D eigenvalue weighted by Crippen LogP contribution is -2.24. The fourth-order valence-corrected chi connectivity index (χ4v) is 3.12. The molecule has 2 aromatic carbocycles. The Kier molecular flexibility index (Phi) is 9.13. The number of rotatable bonds is 11. The molecular weight excluding hydrogens is 332 g/mol. The average molecular weight is 363 g/mol. The maximum atomic E-state index is 12.0. The molecule has 0 aliphatic carbocycles. The van der Waals surface area contributed by atoms with E-state index >= 15 is 0 Å². The Balaban J connectivity index is 1.84. The van der Waals surface area contributed by atoms with Gasteiger partial charge in [0.15, 0.2) is 0 Å². The molecule has 0 aromatic heterocycles.